The number of piperidine rings is 1. The monoisotopic (exact) mass is 309 g/mol. The highest BCUT2D eigenvalue weighted by Gasteiger charge is 2.24. The molecule has 1 aliphatic heterocycles. The number of nitrogens with one attached hydrogen (secondary N) is 1. The second-order valence-corrected chi connectivity index (χ2v) is 6.54. The molecule has 1 aromatic carbocycles. The van der Waals surface area contributed by atoms with Gasteiger partial charge in [-0.2, -0.15) is 0 Å². The van der Waals surface area contributed by atoms with Crippen molar-refractivity contribution in [3.05, 3.63) is 28.8 Å². The number of benzene rings is 1. The lowest BCUT2D eigenvalue weighted by molar-refractivity contribution is 0.258. The largest absolute Gasteiger partial charge is 0.368 e. The molecule has 118 valence electrons. The van der Waals surface area contributed by atoms with Gasteiger partial charge < -0.3 is 15.1 Å². The van der Waals surface area contributed by atoms with Crippen LogP contribution in [0.4, 0.5) is 5.69 Å². The second-order valence-electron chi connectivity index (χ2n) is 6.13. The summed E-state index contributed by atoms with van der Waals surface area (Å²) < 4.78 is 0. The number of likely N-dealkylation sites (N-methyl/N-ethyl adjacent to an activating group) is 1. The van der Waals surface area contributed by atoms with Gasteiger partial charge in [-0.25, -0.2) is 0 Å². The molecule has 0 radical (unpaired) electrons. The van der Waals surface area contributed by atoms with E-state index in [2.05, 4.69) is 48.3 Å². The predicted molar refractivity (Wildman–Crippen MR) is 92.4 cm³/mol. The number of para-hydroxylation sites is 1. The lowest BCUT2D eigenvalue weighted by Gasteiger charge is -2.38. The van der Waals surface area contributed by atoms with E-state index in [-0.39, 0.29) is 0 Å². The van der Waals surface area contributed by atoms with Crippen LogP contribution in [0.3, 0.4) is 0 Å². The van der Waals surface area contributed by atoms with Crippen LogP contribution in [-0.4, -0.2) is 44.7 Å². The Morgan fingerprint density at radius 2 is 2.19 bits per heavy atom. The third kappa shape index (κ3) is 4.35. The summed E-state index contributed by atoms with van der Waals surface area (Å²) in [5.41, 5.74) is 2.55. The Kier molecular flexibility index (Phi) is 6.34. The Labute approximate surface area is 134 Å². The minimum Gasteiger partial charge on any atom is -0.368 e. The molecule has 1 aromatic rings. The Morgan fingerprint density at radius 1 is 1.38 bits per heavy atom. The third-order valence-electron chi connectivity index (χ3n) is 4.26. The summed E-state index contributed by atoms with van der Waals surface area (Å²) in [6, 6.07) is 6.89. The second kappa shape index (κ2) is 8.02. The van der Waals surface area contributed by atoms with Gasteiger partial charge in [0.25, 0.3) is 0 Å². The van der Waals surface area contributed by atoms with Crippen LogP contribution in [0.1, 0.15) is 31.7 Å². The lowest BCUT2D eigenvalue weighted by Crippen LogP contribution is -2.45. The molecule has 0 saturated carbocycles. The first-order valence-electron chi connectivity index (χ1n) is 8.03. The fourth-order valence-electron chi connectivity index (χ4n) is 3.04. The quantitative estimate of drug-likeness (QED) is 0.813. The highest BCUT2D eigenvalue weighted by Crippen LogP contribution is 2.32. The average Bonchev–Trinajstić information content (AvgIpc) is 2.48. The van der Waals surface area contributed by atoms with Gasteiger partial charge in [-0.15, -0.1) is 0 Å². The molecule has 1 unspecified atom stereocenters. The van der Waals surface area contributed by atoms with Gasteiger partial charge in [-0.1, -0.05) is 30.7 Å². The van der Waals surface area contributed by atoms with Gasteiger partial charge in [-0.3, -0.25) is 0 Å². The summed E-state index contributed by atoms with van der Waals surface area (Å²) in [6.07, 6.45) is 3.66. The Bertz CT molecular complexity index is 448. The van der Waals surface area contributed by atoms with Crippen LogP contribution in [0.2, 0.25) is 5.02 Å². The molecule has 0 aliphatic carbocycles. The summed E-state index contributed by atoms with van der Waals surface area (Å²) in [5.74, 6) is 0. The van der Waals surface area contributed by atoms with E-state index in [0.29, 0.717) is 6.04 Å². The molecule has 0 aromatic heterocycles. The molecule has 1 aliphatic rings. The fourth-order valence-corrected chi connectivity index (χ4v) is 3.35. The van der Waals surface area contributed by atoms with Gasteiger partial charge in [0, 0.05) is 25.7 Å². The maximum Gasteiger partial charge on any atom is 0.0642 e. The molecule has 3 nitrogen and oxygen atoms in total. The van der Waals surface area contributed by atoms with Crippen molar-refractivity contribution in [3.63, 3.8) is 0 Å². The van der Waals surface area contributed by atoms with Crippen molar-refractivity contribution in [1.29, 1.82) is 0 Å². The molecule has 1 fully saturated rings. The summed E-state index contributed by atoms with van der Waals surface area (Å²) in [5, 5.41) is 4.38. The zero-order valence-corrected chi connectivity index (χ0v) is 14.3. The van der Waals surface area contributed by atoms with Gasteiger partial charge in [0.2, 0.25) is 0 Å². The van der Waals surface area contributed by atoms with Gasteiger partial charge in [-0.05, 0) is 51.5 Å². The summed E-state index contributed by atoms with van der Waals surface area (Å²) in [4.78, 5) is 4.80. The van der Waals surface area contributed by atoms with Crippen LogP contribution in [0, 0.1) is 0 Å². The smallest absolute Gasteiger partial charge is 0.0642 e. The Hall–Kier alpha value is -0.770. The van der Waals surface area contributed by atoms with Crippen LogP contribution < -0.4 is 10.2 Å². The molecular weight excluding hydrogens is 282 g/mol. The third-order valence-corrected chi connectivity index (χ3v) is 4.56. The standard InChI is InChI=1S/C17H28ClN3/c1-4-10-19-12-14-7-5-9-16(18)17(14)21-11-6-8-15(13-21)20(2)3/h5,7,9,15,19H,4,6,8,10-13H2,1-3H3. The first kappa shape index (κ1) is 16.6. The van der Waals surface area contributed by atoms with E-state index in [4.69, 9.17) is 11.6 Å². The van der Waals surface area contributed by atoms with Crippen LogP contribution >= 0.6 is 11.6 Å². The van der Waals surface area contributed by atoms with Gasteiger partial charge >= 0.3 is 0 Å². The molecule has 0 amide bonds. The number of hydrogen-bond donors (Lipinski definition) is 1. The molecule has 21 heavy (non-hydrogen) atoms. The normalized spacial score (nSPS) is 19.3. The van der Waals surface area contributed by atoms with Crippen LogP contribution in [0.25, 0.3) is 0 Å². The van der Waals surface area contributed by atoms with Crippen molar-refractivity contribution in [3.8, 4) is 0 Å². The zero-order chi connectivity index (χ0) is 15.2. The minimum absolute atomic E-state index is 0.617. The topological polar surface area (TPSA) is 18.5 Å². The van der Waals surface area contributed by atoms with E-state index in [9.17, 15) is 0 Å². The highest BCUT2D eigenvalue weighted by molar-refractivity contribution is 6.33. The number of halogens is 1. The number of anilines is 1. The predicted octanol–water partition coefficient (Wildman–Crippen LogP) is 3.37. The van der Waals surface area contributed by atoms with Gasteiger partial charge in [0.15, 0.2) is 0 Å². The molecular formula is C17H28ClN3. The number of hydrogen-bond acceptors (Lipinski definition) is 3. The van der Waals surface area contributed by atoms with E-state index in [0.717, 1.165) is 37.6 Å². The van der Waals surface area contributed by atoms with Crippen molar-refractivity contribution >= 4 is 17.3 Å². The van der Waals surface area contributed by atoms with Crippen molar-refractivity contribution in [2.45, 2.75) is 38.8 Å². The van der Waals surface area contributed by atoms with E-state index in [1.807, 2.05) is 6.07 Å². The number of nitrogens with zero attached hydrogens (tertiary/aromatic N) is 2. The minimum atomic E-state index is 0.617. The lowest BCUT2D eigenvalue weighted by atomic mass is 10.0. The molecule has 0 spiro atoms. The van der Waals surface area contributed by atoms with Crippen LogP contribution in [0.15, 0.2) is 18.2 Å². The van der Waals surface area contributed by atoms with Crippen molar-refractivity contribution in [2.24, 2.45) is 0 Å². The van der Waals surface area contributed by atoms with Crippen LogP contribution in [-0.2, 0) is 6.54 Å². The highest BCUT2D eigenvalue weighted by atomic mass is 35.5. The Balaban J connectivity index is 2.16. The number of rotatable bonds is 6. The first-order valence-corrected chi connectivity index (χ1v) is 8.40. The average molecular weight is 310 g/mol. The summed E-state index contributed by atoms with van der Waals surface area (Å²) in [6.45, 7) is 6.31. The van der Waals surface area contributed by atoms with E-state index >= 15 is 0 Å². The van der Waals surface area contributed by atoms with Gasteiger partial charge in [0.1, 0.15) is 0 Å². The molecule has 1 heterocycles. The van der Waals surface area contributed by atoms with Crippen molar-refractivity contribution in [1.82, 2.24) is 10.2 Å². The van der Waals surface area contributed by atoms with Crippen molar-refractivity contribution in [2.75, 3.05) is 38.6 Å². The SMILES string of the molecule is CCCNCc1cccc(Cl)c1N1CCCC(N(C)C)C1. The van der Waals surface area contributed by atoms with E-state index in [1.165, 1.54) is 24.1 Å². The van der Waals surface area contributed by atoms with E-state index in [1.54, 1.807) is 0 Å². The molecule has 1 N–H and O–H groups in total. The van der Waals surface area contributed by atoms with Crippen LogP contribution in [0.5, 0.6) is 0 Å². The first-order chi connectivity index (χ1) is 10.1. The fraction of sp³-hybridized carbons (Fsp3) is 0.647. The maximum atomic E-state index is 6.52. The maximum absolute atomic E-state index is 6.52. The van der Waals surface area contributed by atoms with E-state index < -0.39 is 0 Å². The zero-order valence-electron chi connectivity index (χ0n) is 13.5. The summed E-state index contributed by atoms with van der Waals surface area (Å²) >= 11 is 6.52. The van der Waals surface area contributed by atoms with Gasteiger partial charge in [0.05, 0.1) is 10.7 Å². The molecule has 0 bridgehead atoms. The van der Waals surface area contributed by atoms with Crippen molar-refractivity contribution < 1.29 is 0 Å². The molecule has 1 atom stereocenters. The Morgan fingerprint density at radius 3 is 2.90 bits per heavy atom. The molecule has 2 rings (SSSR count). The molecule has 4 heteroatoms. The summed E-state index contributed by atoms with van der Waals surface area (Å²) in [7, 11) is 4.34. The molecule has 1 saturated heterocycles.